The highest BCUT2D eigenvalue weighted by molar-refractivity contribution is 6.12. The number of benzene rings is 2. The lowest BCUT2D eigenvalue weighted by Gasteiger charge is -2.38. The van der Waals surface area contributed by atoms with Crippen molar-refractivity contribution in [3.63, 3.8) is 0 Å². The Bertz CT molecular complexity index is 1210. The number of esters is 2. The summed E-state index contributed by atoms with van der Waals surface area (Å²) in [6, 6.07) is 16.7. The summed E-state index contributed by atoms with van der Waals surface area (Å²) in [6.45, 7) is 5.59. The fraction of sp³-hybridized carbons (Fsp3) is 0.321. The van der Waals surface area contributed by atoms with E-state index >= 15 is 0 Å². The Hall–Kier alpha value is -3.87. The number of ether oxygens (including phenoxy) is 3. The molecule has 35 heavy (non-hydrogen) atoms. The number of methoxy groups -OCH3 is 1. The third-order valence-electron chi connectivity index (χ3n) is 6.41. The van der Waals surface area contributed by atoms with Crippen LogP contribution in [0.1, 0.15) is 38.7 Å². The van der Waals surface area contributed by atoms with Gasteiger partial charge in [-0.2, -0.15) is 0 Å². The van der Waals surface area contributed by atoms with Crippen LogP contribution in [0.5, 0.6) is 11.5 Å². The van der Waals surface area contributed by atoms with Crippen LogP contribution in [0.2, 0.25) is 0 Å². The van der Waals surface area contributed by atoms with E-state index in [1.807, 2.05) is 61.5 Å². The standard InChI is InChI=1S/C28H29NO6/c1-5-34-28(32)23-17(3)29-21-14-16(2)22(27(31)33-4)26(30)25(21)24(23)18-10-9-13-20(15-18)35-19-11-7-6-8-12-19/h6-13,15-16,22,24,29H,5,14H2,1-4H3/t16-,22-,24-/m1/s1. The van der Waals surface area contributed by atoms with Gasteiger partial charge in [-0.1, -0.05) is 37.3 Å². The molecule has 0 amide bonds. The van der Waals surface area contributed by atoms with Crippen LogP contribution < -0.4 is 10.1 Å². The first-order chi connectivity index (χ1) is 16.8. The van der Waals surface area contributed by atoms with E-state index in [1.54, 1.807) is 13.8 Å². The van der Waals surface area contributed by atoms with Gasteiger partial charge in [0.1, 0.15) is 17.4 Å². The van der Waals surface area contributed by atoms with Crippen LogP contribution in [0.3, 0.4) is 0 Å². The van der Waals surface area contributed by atoms with Crippen LogP contribution >= 0.6 is 0 Å². The monoisotopic (exact) mass is 475 g/mol. The molecule has 0 spiro atoms. The van der Waals surface area contributed by atoms with E-state index in [0.717, 1.165) is 0 Å². The Morgan fingerprint density at radius 1 is 1.06 bits per heavy atom. The molecule has 3 atom stereocenters. The number of hydrogen-bond donors (Lipinski definition) is 1. The van der Waals surface area contributed by atoms with Gasteiger partial charge in [0.2, 0.25) is 0 Å². The molecular weight excluding hydrogens is 446 g/mol. The van der Waals surface area contributed by atoms with Crippen molar-refractivity contribution in [3.8, 4) is 11.5 Å². The Labute approximate surface area is 204 Å². The van der Waals surface area contributed by atoms with Crippen molar-refractivity contribution in [2.24, 2.45) is 11.8 Å². The molecule has 0 unspecified atom stereocenters. The van der Waals surface area contributed by atoms with E-state index in [2.05, 4.69) is 5.32 Å². The summed E-state index contributed by atoms with van der Waals surface area (Å²) in [5.74, 6) is -2.08. The van der Waals surface area contributed by atoms with E-state index in [-0.39, 0.29) is 18.3 Å². The second kappa shape index (κ2) is 10.2. The van der Waals surface area contributed by atoms with E-state index in [1.165, 1.54) is 7.11 Å². The molecule has 2 aliphatic rings. The third kappa shape index (κ3) is 4.71. The van der Waals surface area contributed by atoms with Crippen molar-refractivity contribution in [1.82, 2.24) is 5.32 Å². The van der Waals surface area contributed by atoms with Gasteiger partial charge in [-0.25, -0.2) is 4.79 Å². The van der Waals surface area contributed by atoms with Crippen LogP contribution in [0.15, 0.2) is 77.1 Å². The summed E-state index contributed by atoms with van der Waals surface area (Å²) < 4.78 is 16.3. The zero-order chi connectivity index (χ0) is 25.1. The van der Waals surface area contributed by atoms with E-state index in [9.17, 15) is 14.4 Å². The molecule has 2 aromatic carbocycles. The zero-order valence-corrected chi connectivity index (χ0v) is 20.3. The number of allylic oxidation sites excluding steroid dienone is 3. The lowest BCUT2D eigenvalue weighted by atomic mass is 9.69. The fourth-order valence-corrected chi connectivity index (χ4v) is 4.88. The van der Waals surface area contributed by atoms with Crippen molar-refractivity contribution in [1.29, 1.82) is 0 Å². The molecule has 0 saturated carbocycles. The van der Waals surface area contributed by atoms with Gasteiger partial charge < -0.3 is 19.5 Å². The van der Waals surface area contributed by atoms with Crippen molar-refractivity contribution in [2.75, 3.05) is 13.7 Å². The zero-order valence-electron chi connectivity index (χ0n) is 20.3. The van der Waals surface area contributed by atoms with Gasteiger partial charge in [-0.15, -0.1) is 0 Å². The van der Waals surface area contributed by atoms with Gasteiger partial charge in [0.25, 0.3) is 0 Å². The van der Waals surface area contributed by atoms with Gasteiger partial charge in [0.05, 0.1) is 19.3 Å². The van der Waals surface area contributed by atoms with Crippen molar-refractivity contribution >= 4 is 17.7 Å². The lowest BCUT2D eigenvalue weighted by Crippen LogP contribution is -2.43. The van der Waals surface area contributed by atoms with Gasteiger partial charge in [0.15, 0.2) is 5.78 Å². The maximum absolute atomic E-state index is 13.8. The first kappa shape index (κ1) is 24.3. The number of carbonyl (C=O) groups is 3. The highest BCUT2D eigenvalue weighted by Gasteiger charge is 2.47. The minimum absolute atomic E-state index is 0.196. The highest BCUT2D eigenvalue weighted by atomic mass is 16.5. The molecule has 0 radical (unpaired) electrons. The minimum atomic E-state index is -0.936. The molecule has 1 N–H and O–H groups in total. The molecule has 7 nitrogen and oxygen atoms in total. The van der Waals surface area contributed by atoms with Crippen molar-refractivity contribution in [2.45, 2.75) is 33.1 Å². The number of rotatable bonds is 6. The van der Waals surface area contributed by atoms with Gasteiger partial charge >= 0.3 is 11.9 Å². The van der Waals surface area contributed by atoms with Crippen molar-refractivity contribution in [3.05, 3.63) is 82.7 Å². The minimum Gasteiger partial charge on any atom is -0.468 e. The molecule has 0 fully saturated rings. The summed E-state index contributed by atoms with van der Waals surface area (Å²) in [7, 11) is 1.28. The summed E-state index contributed by atoms with van der Waals surface area (Å²) in [4.78, 5) is 39.4. The first-order valence-corrected chi connectivity index (χ1v) is 11.7. The Balaban J connectivity index is 1.83. The maximum Gasteiger partial charge on any atom is 0.336 e. The number of hydrogen-bond acceptors (Lipinski definition) is 7. The second-order valence-corrected chi connectivity index (χ2v) is 8.74. The molecule has 182 valence electrons. The molecule has 7 heteroatoms. The number of nitrogens with one attached hydrogen (secondary N) is 1. The summed E-state index contributed by atoms with van der Waals surface area (Å²) >= 11 is 0. The average molecular weight is 476 g/mol. The number of ketones is 1. The first-order valence-electron chi connectivity index (χ1n) is 11.7. The van der Waals surface area contributed by atoms with Crippen LogP contribution in [0.25, 0.3) is 0 Å². The smallest absolute Gasteiger partial charge is 0.336 e. The van der Waals surface area contributed by atoms with E-state index in [0.29, 0.717) is 46.0 Å². The predicted molar refractivity (Wildman–Crippen MR) is 129 cm³/mol. The fourth-order valence-electron chi connectivity index (χ4n) is 4.88. The number of carbonyl (C=O) groups excluding carboxylic acids is 3. The highest BCUT2D eigenvalue weighted by Crippen LogP contribution is 2.46. The third-order valence-corrected chi connectivity index (χ3v) is 6.41. The summed E-state index contributed by atoms with van der Waals surface area (Å²) in [5.41, 5.74) is 2.77. The topological polar surface area (TPSA) is 90.9 Å². The lowest BCUT2D eigenvalue weighted by molar-refractivity contribution is -0.151. The Morgan fingerprint density at radius 2 is 1.77 bits per heavy atom. The van der Waals surface area contributed by atoms with Crippen LogP contribution in [0.4, 0.5) is 0 Å². The molecule has 1 aliphatic carbocycles. The average Bonchev–Trinajstić information content (AvgIpc) is 2.84. The van der Waals surface area contributed by atoms with E-state index < -0.39 is 23.8 Å². The number of para-hydroxylation sites is 1. The van der Waals surface area contributed by atoms with E-state index in [4.69, 9.17) is 14.2 Å². The molecule has 0 bridgehead atoms. The van der Waals surface area contributed by atoms with Crippen LogP contribution in [-0.4, -0.2) is 31.4 Å². The largest absolute Gasteiger partial charge is 0.468 e. The summed E-state index contributed by atoms with van der Waals surface area (Å²) in [5, 5.41) is 3.25. The number of dihydropyridines is 1. The quantitative estimate of drug-likeness (QED) is 0.480. The predicted octanol–water partition coefficient (Wildman–Crippen LogP) is 4.66. The summed E-state index contributed by atoms with van der Waals surface area (Å²) in [6.07, 6.45) is 0.477. The second-order valence-electron chi connectivity index (χ2n) is 8.74. The Morgan fingerprint density at radius 3 is 2.46 bits per heavy atom. The number of Topliss-reactive ketones (excluding diaryl/α,β-unsaturated/α-hetero) is 1. The normalized spacial score (nSPS) is 21.7. The molecule has 4 rings (SSSR count). The molecule has 2 aromatic rings. The van der Waals surface area contributed by atoms with Crippen LogP contribution in [-0.2, 0) is 23.9 Å². The SMILES string of the molecule is CCOC(=O)C1=C(C)NC2=C(C(=O)[C@H](C(=O)OC)[C@H](C)C2)[C@@H]1c1cccc(Oc2ccccc2)c1. The van der Waals surface area contributed by atoms with Crippen molar-refractivity contribution < 1.29 is 28.6 Å². The van der Waals surface area contributed by atoms with Gasteiger partial charge in [-0.05, 0) is 56.0 Å². The van der Waals surface area contributed by atoms with Gasteiger partial charge in [0, 0.05) is 22.9 Å². The molecule has 0 saturated heterocycles. The molecule has 1 aliphatic heterocycles. The molecular formula is C28H29NO6. The Kier molecular flexibility index (Phi) is 7.05. The molecule has 1 heterocycles. The maximum atomic E-state index is 13.8. The van der Waals surface area contributed by atoms with Crippen LogP contribution in [0, 0.1) is 11.8 Å². The van der Waals surface area contributed by atoms with Gasteiger partial charge in [-0.3, -0.25) is 9.59 Å². The molecule has 0 aromatic heterocycles.